The van der Waals surface area contributed by atoms with E-state index in [0.29, 0.717) is 11.1 Å². The summed E-state index contributed by atoms with van der Waals surface area (Å²) in [7, 11) is 0. The van der Waals surface area contributed by atoms with E-state index in [1.165, 1.54) is 11.8 Å². The number of aryl methyl sites for hydroxylation is 1. The van der Waals surface area contributed by atoms with Gasteiger partial charge in [0, 0.05) is 28.1 Å². The lowest BCUT2D eigenvalue weighted by atomic mass is 10.1. The van der Waals surface area contributed by atoms with E-state index in [-0.39, 0.29) is 18.0 Å². The third-order valence-electron chi connectivity index (χ3n) is 3.60. The number of nitrogens with one attached hydrogen (secondary N) is 3. The van der Waals surface area contributed by atoms with Crippen LogP contribution in [0.4, 0.5) is 0 Å². The number of fused-ring (bicyclic) bond motifs is 1. The highest BCUT2D eigenvalue weighted by Gasteiger charge is 2.13. The van der Waals surface area contributed by atoms with Gasteiger partial charge in [0.05, 0.1) is 17.3 Å². The molecule has 2 aromatic heterocycles. The number of aromatic nitrogens is 3. The molecule has 0 spiro atoms. The third-order valence-corrected chi connectivity index (χ3v) is 4.41. The van der Waals surface area contributed by atoms with Crippen LogP contribution in [0.25, 0.3) is 10.9 Å². The largest absolute Gasteiger partial charge is 0.348 e. The van der Waals surface area contributed by atoms with E-state index < -0.39 is 0 Å². The molecule has 0 aliphatic carbocycles. The number of aromatic amines is 2. The Morgan fingerprint density at radius 2 is 2.22 bits per heavy atom. The van der Waals surface area contributed by atoms with Crippen molar-refractivity contribution in [3.05, 3.63) is 57.6 Å². The first-order valence-electron chi connectivity index (χ1n) is 7.07. The van der Waals surface area contributed by atoms with Crippen molar-refractivity contribution in [3.8, 4) is 0 Å². The molecule has 1 aromatic carbocycles. The highest BCUT2D eigenvalue weighted by Crippen LogP contribution is 2.19. The predicted octanol–water partition coefficient (Wildman–Crippen LogP) is 2.21. The zero-order valence-electron chi connectivity index (χ0n) is 12.8. The second kappa shape index (κ2) is 6.29. The summed E-state index contributed by atoms with van der Waals surface area (Å²) in [5.41, 5.74) is 2.53. The van der Waals surface area contributed by atoms with Crippen molar-refractivity contribution in [3.63, 3.8) is 0 Å². The Labute approximate surface area is 136 Å². The highest BCUT2D eigenvalue weighted by molar-refractivity contribution is 7.98. The van der Waals surface area contributed by atoms with Crippen LogP contribution in [0.1, 0.15) is 21.6 Å². The fourth-order valence-corrected chi connectivity index (χ4v) is 3.17. The van der Waals surface area contributed by atoms with Crippen molar-refractivity contribution < 1.29 is 4.79 Å². The van der Waals surface area contributed by atoms with Crippen LogP contribution in [0.3, 0.4) is 0 Å². The van der Waals surface area contributed by atoms with Crippen molar-refractivity contribution in [2.45, 2.75) is 18.4 Å². The first-order valence-corrected chi connectivity index (χ1v) is 8.29. The van der Waals surface area contributed by atoms with Gasteiger partial charge in [-0.2, -0.15) is 5.10 Å². The number of hydrogen-bond acceptors (Lipinski definition) is 4. The summed E-state index contributed by atoms with van der Waals surface area (Å²) in [6.07, 6.45) is 3.53. The Kier molecular flexibility index (Phi) is 4.20. The van der Waals surface area contributed by atoms with Crippen molar-refractivity contribution in [2.24, 2.45) is 0 Å². The average Bonchev–Trinajstić information content (AvgIpc) is 3.01. The second-order valence-corrected chi connectivity index (χ2v) is 6.00. The first-order chi connectivity index (χ1) is 11.1. The van der Waals surface area contributed by atoms with Gasteiger partial charge < -0.3 is 10.3 Å². The molecule has 0 bridgehead atoms. The quantitative estimate of drug-likeness (QED) is 0.641. The highest BCUT2D eigenvalue weighted by atomic mass is 32.2. The van der Waals surface area contributed by atoms with Gasteiger partial charge in [0.25, 0.3) is 11.5 Å². The zero-order chi connectivity index (χ0) is 16.4. The topological polar surface area (TPSA) is 90.6 Å². The van der Waals surface area contributed by atoms with Gasteiger partial charge in [0.2, 0.25) is 0 Å². The number of carbonyl (C=O) groups is 1. The molecule has 0 saturated heterocycles. The number of nitrogens with zero attached hydrogens (tertiary/aromatic N) is 1. The van der Waals surface area contributed by atoms with Gasteiger partial charge in [0.15, 0.2) is 0 Å². The van der Waals surface area contributed by atoms with Crippen LogP contribution in [0.2, 0.25) is 0 Å². The molecule has 7 heteroatoms. The lowest BCUT2D eigenvalue weighted by Gasteiger charge is -2.09. The van der Waals surface area contributed by atoms with E-state index in [9.17, 15) is 9.59 Å². The molecular weight excluding hydrogens is 312 g/mol. The number of thioether (sulfide) groups is 1. The number of H-pyrrole nitrogens is 2. The van der Waals surface area contributed by atoms with Crippen LogP contribution in [0.5, 0.6) is 0 Å². The molecule has 6 nitrogen and oxygen atoms in total. The maximum atomic E-state index is 12.4. The molecule has 0 saturated carbocycles. The van der Waals surface area contributed by atoms with E-state index in [1.807, 2.05) is 25.3 Å². The minimum atomic E-state index is -0.232. The lowest BCUT2D eigenvalue weighted by Crippen LogP contribution is -2.27. The van der Waals surface area contributed by atoms with Crippen LogP contribution >= 0.6 is 11.8 Å². The predicted molar refractivity (Wildman–Crippen MR) is 90.8 cm³/mol. The van der Waals surface area contributed by atoms with E-state index in [4.69, 9.17) is 0 Å². The summed E-state index contributed by atoms with van der Waals surface area (Å²) in [6.45, 7) is 2.02. The molecule has 2 heterocycles. The molecule has 0 fully saturated rings. The van der Waals surface area contributed by atoms with Crippen LogP contribution in [0, 0.1) is 6.92 Å². The monoisotopic (exact) mass is 328 g/mol. The number of pyridine rings is 1. The standard InChI is InChI=1S/C16H16N4O2S/c1-9-6-14(23-2)12(16(22)19-9)7-17-15(21)10-4-3-5-13-11(10)8-18-20-13/h3-6,8H,7H2,1-2H3,(H,17,21)(H,18,20)(H,19,22). The Bertz CT molecular complexity index is 929. The molecule has 1 amide bonds. The van der Waals surface area contributed by atoms with E-state index >= 15 is 0 Å². The second-order valence-electron chi connectivity index (χ2n) is 5.15. The normalized spacial score (nSPS) is 10.9. The minimum absolute atomic E-state index is 0.170. The molecule has 118 valence electrons. The van der Waals surface area contributed by atoms with Crippen molar-refractivity contribution in [1.29, 1.82) is 0 Å². The SMILES string of the molecule is CSc1cc(C)[nH]c(=O)c1CNC(=O)c1cccc2[nH]ncc12. The molecule has 3 N–H and O–H groups in total. The number of amides is 1. The summed E-state index contributed by atoms with van der Waals surface area (Å²) >= 11 is 1.49. The van der Waals surface area contributed by atoms with Crippen LogP contribution in [-0.2, 0) is 6.54 Å². The Morgan fingerprint density at radius 1 is 1.39 bits per heavy atom. The summed E-state index contributed by atoms with van der Waals surface area (Å²) in [5, 5.41) is 10.4. The number of hydrogen-bond donors (Lipinski definition) is 3. The maximum Gasteiger partial charge on any atom is 0.254 e. The van der Waals surface area contributed by atoms with E-state index in [1.54, 1.807) is 18.3 Å². The minimum Gasteiger partial charge on any atom is -0.348 e. The van der Waals surface area contributed by atoms with Gasteiger partial charge in [0.1, 0.15) is 0 Å². The molecule has 3 aromatic rings. The lowest BCUT2D eigenvalue weighted by molar-refractivity contribution is 0.0952. The summed E-state index contributed by atoms with van der Waals surface area (Å²) in [6, 6.07) is 7.30. The van der Waals surface area contributed by atoms with E-state index in [2.05, 4.69) is 20.5 Å². The van der Waals surface area contributed by atoms with Crippen LogP contribution < -0.4 is 10.9 Å². The fraction of sp³-hybridized carbons (Fsp3) is 0.188. The maximum absolute atomic E-state index is 12.4. The van der Waals surface area contributed by atoms with Crippen LogP contribution in [0.15, 0.2) is 40.2 Å². The zero-order valence-corrected chi connectivity index (χ0v) is 13.6. The van der Waals surface area contributed by atoms with Gasteiger partial charge in [-0.3, -0.25) is 14.7 Å². The molecular formula is C16H16N4O2S. The van der Waals surface area contributed by atoms with Gasteiger partial charge in [-0.05, 0) is 31.4 Å². The van der Waals surface area contributed by atoms with Crippen molar-refractivity contribution >= 4 is 28.6 Å². The van der Waals surface area contributed by atoms with Crippen molar-refractivity contribution in [1.82, 2.24) is 20.5 Å². The summed E-state index contributed by atoms with van der Waals surface area (Å²) < 4.78 is 0. The molecule has 0 aliphatic heterocycles. The Hall–Kier alpha value is -2.54. The van der Waals surface area contributed by atoms with Crippen molar-refractivity contribution in [2.75, 3.05) is 6.26 Å². The van der Waals surface area contributed by atoms with Gasteiger partial charge >= 0.3 is 0 Å². The van der Waals surface area contributed by atoms with Gasteiger partial charge in [-0.25, -0.2) is 0 Å². The molecule has 3 rings (SSSR count). The number of carbonyl (C=O) groups excluding carboxylic acids is 1. The smallest absolute Gasteiger partial charge is 0.254 e. The number of rotatable bonds is 4. The van der Waals surface area contributed by atoms with Gasteiger partial charge in [-0.15, -0.1) is 11.8 Å². The molecule has 23 heavy (non-hydrogen) atoms. The van der Waals surface area contributed by atoms with Gasteiger partial charge in [-0.1, -0.05) is 6.07 Å². The molecule has 0 atom stereocenters. The third kappa shape index (κ3) is 3.00. The Morgan fingerprint density at radius 3 is 3.00 bits per heavy atom. The molecule has 0 unspecified atom stereocenters. The molecule has 0 radical (unpaired) electrons. The van der Waals surface area contributed by atoms with E-state index in [0.717, 1.165) is 21.5 Å². The molecule has 0 aliphatic rings. The summed E-state index contributed by atoms with van der Waals surface area (Å²) in [5.74, 6) is -0.232. The summed E-state index contributed by atoms with van der Waals surface area (Å²) in [4.78, 5) is 28.2. The fourth-order valence-electron chi connectivity index (χ4n) is 2.47. The number of benzene rings is 1. The van der Waals surface area contributed by atoms with Crippen LogP contribution in [-0.4, -0.2) is 27.3 Å². The first kappa shape index (κ1) is 15.4. The Balaban J connectivity index is 1.85. The average molecular weight is 328 g/mol.